The van der Waals surface area contributed by atoms with E-state index in [2.05, 4.69) is 17.1 Å². The Hall–Kier alpha value is -3.42. The molecule has 1 aliphatic heterocycles. The fourth-order valence-corrected chi connectivity index (χ4v) is 4.64. The maximum absolute atomic E-state index is 13.0. The van der Waals surface area contributed by atoms with Crippen molar-refractivity contribution in [2.24, 2.45) is 0 Å². The number of halogens is 2. The fourth-order valence-electron chi connectivity index (χ4n) is 4.21. The van der Waals surface area contributed by atoms with Crippen LogP contribution in [0.4, 0.5) is 11.4 Å². The summed E-state index contributed by atoms with van der Waals surface area (Å²) >= 11 is 12.6. The highest BCUT2D eigenvalue weighted by atomic mass is 35.5. The average molecular weight is 571 g/mol. The normalized spacial score (nSPS) is 13.7. The lowest BCUT2D eigenvalue weighted by Gasteiger charge is -2.36. The van der Waals surface area contributed by atoms with Crippen molar-refractivity contribution >= 4 is 46.4 Å². The molecule has 3 aromatic carbocycles. The van der Waals surface area contributed by atoms with Gasteiger partial charge in [-0.3, -0.25) is 9.59 Å². The van der Waals surface area contributed by atoms with Gasteiger partial charge in [-0.25, -0.2) is 0 Å². The number of carbonyl (C=O) groups is 2. The molecule has 0 unspecified atom stereocenters. The molecular formula is C30H33Cl2N3O4. The molecule has 0 saturated carbocycles. The SMILES string of the molecule is CCCOc1ccc(C(=O)N2CCN(c3ccc(NC(=O)C(C)(C)Oc4ccc(Cl)cc4)cc3Cl)CC2)cc1. The van der Waals surface area contributed by atoms with Crippen LogP contribution in [0, 0.1) is 0 Å². The van der Waals surface area contributed by atoms with Gasteiger partial charge in [-0.15, -0.1) is 0 Å². The lowest BCUT2D eigenvalue weighted by atomic mass is 10.1. The molecule has 0 spiro atoms. The molecule has 39 heavy (non-hydrogen) atoms. The Labute approximate surface area is 239 Å². The number of carbonyl (C=O) groups excluding carboxylic acids is 2. The summed E-state index contributed by atoms with van der Waals surface area (Å²) in [5.74, 6) is 1.01. The van der Waals surface area contributed by atoms with E-state index >= 15 is 0 Å². The maximum atomic E-state index is 13.0. The van der Waals surface area contributed by atoms with Crippen LogP contribution in [0.15, 0.2) is 66.7 Å². The monoisotopic (exact) mass is 569 g/mol. The third-order valence-electron chi connectivity index (χ3n) is 6.42. The highest BCUT2D eigenvalue weighted by molar-refractivity contribution is 6.33. The van der Waals surface area contributed by atoms with Gasteiger partial charge in [0.05, 0.1) is 17.3 Å². The number of hydrogen-bond acceptors (Lipinski definition) is 5. The fraction of sp³-hybridized carbons (Fsp3) is 0.333. The Kier molecular flexibility index (Phi) is 9.25. The van der Waals surface area contributed by atoms with Gasteiger partial charge in [0.25, 0.3) is 11.8 Å². The molecule has 0 atom stereocenters. The number of benzene rings is 3. The molecule has 0 bridgehead atoms. The summed E-state index contributed by atoms with van der Waals surface area (Å²) in [6.45, 7) is 8.56. The molecule has 1 heterocycles. The van der Waals surface area contributed by atoms with Gasteiger partial charge in [0, 0.05) is 42.5 Å². The molecule has 0 aliphatic carbocycles. The van der Waals surface area contributed by atoms with E-state index in [0.717, 1.165) is 17.9 Å². The van der Waals surface area contributed by atoms with E-state index in [1.165, 1.54) is 0 Å². The molecule has 4 rings (SSSR count). The van der Waals surface area contributed by atoms with Crippen LogP contribution in [0.25, 0.3) is 0 Å². The Bertz CT molecular complexity index is 1290. The summed E-state index contributed by atoms with van der Waals surface area (Å²) in [7, 11) is 0. The zero-order chi connectivity index (χ0) is 28.0. The minimum absolute atomic E-state index is 0.00397. The number of nitrogens with zero attached hydrogens (tertiary/aromatic N) is 2. The van der Waals surface area contributed by atoms with Crippen molar-refractivity contribution in [1.82, 2.24) is 4.90 Å². The highest BCUT2D eigenvalue weighted by Crippen LogP contribution is 2.31. The zero-order valence-corrected chi connectivity index (χ0v) is 23.9. The van der Waals surface area contributed by atoms with Gasteiger partial charge in [-0.2, -0.15) is 0 Å². The van der Waals surface area contributed by atoms with E-state index in [1.807, 2.05) is 41.3 Å². The minimum atomic E-state index is -1.12. The van der Waals surface area contributed by atoms with Crippen LogP contribution in [0.3, 0.4) is 0 Å². The first-order valence-electron chi connectivity index (χ1n) is 13.0. The van der Waals surface area contributed by atoms with Crippen LogP contribution in [0.1, 0.15) is 37.6 Å². The van der Waals surface area contributed by atoms with Crippen molar-refractivity contribution in [1.29, 1.82) is 0 Å². The number of hydrogen-bond donors (Lipinski definition) is 1. The van der Waals surface area contributed by atoms with E-state index in [1.54, 1.807) is 44.2 Å². The molecule has 206 valence electrons. The van der Waals surface area contributed by atoms with Gasteiger partial charge in [-0.05, 0) is 87.0 Å². The average Bonchev–Trinajstić information content (AvgIpc) is 2.93. The van der Waals surface area contributed by atoms with Gasteiger partial charge < -0.3 is 24.6 Å². The second-order valence-corrected chi connectivity index (χ2v) is 10.7. The second kappa shape index (κ2) is 12.6. The van der Waals surface area contributed by atoms with Crippen LogP contribution >= 0.6 is 23.2 Å². The number of piperazine rings is 1. The summed E-state index contributed by atoms with van der Waals surface area (Å²) < 4.78 is 11.5. The summed E-state index contributed by atoms with van der Waals surface area (Å²) in [6.07, 6.45) is 0.935. The third kappa shape index (κ3) is 7.37. The summed E-state index contributed by atoms with van der Waals surface area (Å²) in [6, 6.07) is 19.6. The van der Waals surface area contributed by atoms with Crippen LogP contribution < -0.4 is 19.7 Å². The van der Waals surface area contributed by atoms with Gasteiger partial charge >= 0.3 is 0 Å². The molecule has 1 aliphatic rings. The van der Waals surface area contributed by atoms with Crippen LogP contribution in [-0.2, 0) is 4.79 Å². The summed E-state index contributed by atoms with van der Waals surface area (Å²) in [4.78, 5) is 29.9. The van der Waals surface area contributed by atoms with E-state index in [4.69, 9.17) is 32.7 Å². The second-order valence-electron chi connectivity index (χ2n) is 9.84. The van der Waals surface area contributed by atoms with Crippen molar-refractivity contribution < 1.29 is 19.1 Å². The molecule has 0 aromatic heterocycles. The van der Waals surface area contributed by atoms with E-state index in [9.17, 15) is 9.59 Å². The Morgan fingerprint density at radius 3 is 2.15 bits per heavy atom. The van der Waals surface area contributed by atoms with Crippen molar-refractivity contribution in [3.8, 4) is 11.5 Å². The highest BCUT2D eigenvalue weighted by Gasteiger charge is 2.30. The number of ether oxygens (including phenoxy) is 2. The topological polar surface area (TPSA) is 71.1 Å². The number of nitrogens with one attached hydrogen (secondary N) is 1. The van der Waals surface area contributed by atoms with Crippen molar-refractivity contribution in [3.63, 3.8) is 0 Å². The maximum Gasteiger partial charge on any atom is 0.267 e. The summed E-state index contributed by atoms with van der Waals surface area (Å²) in [5.41, 5.74) is 0.955. The molecule has 0 radical (unpaired) electrons. The first kappa shape index (κ1) is 28.6. The van der Waals surface area contributed by atoms with Crippen molar-refractivity contribution in [2.45, 2.75) is 32.8 Å². The third-order valence-corrected chi connectivity index (χ3v) is 6.98. The molecular weight excluding hydrogens is 537 g/mol. The van der Waals surface area contributed by atoms with Crippen molar-refractivity contribution in [3.05, 3.63) is 82.3 Å². The molecule has 1 saturated heterocycles. The zero-order valence-electron chi connectivity index (χ0n) is 22.4. The van der Waals surface area contributed by atoms with Crippen LogP contribution in [-0.4, -0.2) is 55.1 Å². The molecule has 7 nitrogen and oxygen atoms in total. The number of rotatable bonds is 9. The Morgan fingerprint density at radius 1 is 0.897 bits per heavy atom. The van der Waals surface area contributed by atoms with Crippen LogP contribution in [0.2, 0.25) is 10.0 Å². The quantitative estimate of drug-likeness (QED) is 0.316. The van der Waals surface area contributed by atoms with E-state index < -0.39 is 5.60 Å². The van der Waals surface area contributed by atoms with Gasteiger partial charge in [0.15, 0.2) is 5.60 Å². The lowest BCUT2D eigenvalue weighted by molar-refractivity contribution is -0.128. The van der Waals surface area contributed by atoms with E-state index in [0.29, 0.717) is 59.8 Å². The molecule has 3 aromatic rings. The molecule has 1 fully saturated rings. The molecule has 1 N–H and O–H groups in total. The van der Waals surface area contributed by atoms with Crippen molar-refractivity contribution in [2.75, 3.05) is 43.0 Å². The first-order valence-corrected chi connectivity index (χ1v) is 13.7. The standard InChI is InChI=1S/C30H33Cl2N3O4/c1-4-19-38-24-10-5-21(6-11-24)28(36)35-17-15-34(16-18-35)27-14-9-23(20-26(27)32)33-29(37)30(2,3)39-25-12-7-22(31)8-13-25/h5-14,20H,4,15-19H2,1-3H3,(H,33,37). The minimum Gasteiger partial charge on any atom is -0.494 e. The predicted octanol–water partition coefficient (Wildman–Crippen LogP) is 6.54. The predicted molar refractivity (Wildman–Crippen MR) is 157 cm³/mol. The largest absolute Gasteiger partial charge is 0.494 e. The number of amides is 2. The van der Waals surface area contributed by atoms with Gasteiger partial charge in [0.1, 0.15) is 11.5 Å². The van der Waals surface area contributed by atoms with E-state index in [-0.39, 0.29) is 11.8 Å². The first-order chi connectivity index (χ1) is 18.7. The Balaban J connectivity index is 1.32. The lowest BCUT2D eigenvalue weighted by Crippen LogP contribution is -2.48. The summed E-state index contributed by atoms with van der Waals surface area (Å²) in [5, 5.41) is 4.00. The van der Waals surface area contributed by atoms with Crippen LogP contribution in [0.5, 0.6) is 11.5 Å². The smallest absolute Gasteiger partial charge is 0.267 e. The van der Waals surface area contributed by atoms with Gasteiger partial charge in [0.2, 0.25) is 0 Å². The Morgan fingerprint density at radius 2 is 1.54 bits per heavy atom. The van der Waals surface area contributed by atoms with Gasteiger partial charge in [-0.1, -0.05) is 30.1 Å². The number of anilines is 2. The molecule has 9 heteroatoms. The molecule has 2 amide bonds.